The van der Waals surface area contributed by atoms with Gasteiger partial charge in [0.25, 0.3) is 0 Å². The number of hydrogen-bond acceptors (Lipinski definition) is 4. The number of hydrogen-bond donors (Lipinski definition) is 2. The van der Waals surface area contributed by atoms with Crippen molar-refractivity contribution >= 4 is 5.91 Å². The highest BCUT2D eigenvalue weighted by Crippen LogP contribution is 2.37. The third-order valence-electron chi connectivity index (χ3n) is 4.41. The van der Waals surface area contributed by atoms with Crippen molar-refractivity contribution in [3.63, 3.8) is 0 Å². The van der Waals surface area contributed by atoms with Crippen molar-refractivity contribution in [3.05, 3.63) is 48.0 Å². The number of aliphatic hydroxyl groups excluding tert-OH is 1. The van der Waals surface area contributed by atoms with Gasteiger partial charge in [0.05, 0.1) is 18.3 Å². The summed E-state index contributed by atoms with van der Waals surface area (Å²) in [6.07, 6.45) is 9.54. The lowest BCUT2D eigenvalue weighted by molar-refractivity contribution is -0.123. The maximum Gasteiger partial charge on any atom is 0.220 e. The Morgan fingerprint density at radius 3 is 2.78 bits per heavy atom. The van der Waals surface area contributed by atoms with Gasteiger partial charge in [-0.2, -0.15) is 5.10 Å². The van der Waals surface area contributed by atoms with Crippen molar-refractivity contribution < 1.29 is 9.90 Å². The maximum absolute atomic E-state index is 12.3. The van der Waals surface area contributed by atoms with E-state index >= 15 is 0 Å². The summed E-state index contributed by atoms with van der Waals surface area (Å²) in [5.74, 6) is 0.302. The standard InChI is InChI=1S/C17H22N4O2/c1-21-11-14(10-19-21)17(13-8-15(22)9-13)20-16(23)3-2-12-4-6-18-7-5-12/h4-7,10-11,13,15,17,22H,2-3,8-9H2,1H3,(H,20,23). The topological polar surface area (TPSA) is 80.0 Å². The molecule has 0 saturated heterocycles. The molecule has 0 radical (unpaired) electrons. The molecule has 6 heteroatoms. The summed E-state index contributed by atoms with van der Waals surface area (Å²) < 4.78 is 1.74. The largest absolute Gasteiger partial charge is 0.393 e. The second kappa shape index (κ2) is 6.91. The van der Waals surface area contributed by atoms with E-state index in [1.54, 1.807) is 23.3 Å². The van der Waals surface area contributed by atoms with Gasteiger partial charge in [0, 0.05) is 37.6 Å². The molecular weight excluding hydrogens is 292 g/mol. The molecule has 0 aromatic carbocycles. The zero-order valence-electron chi connectivity index (χ0n) is 13.2. The molecule has 2 aromatic rings. The van der Waals surface area contributed by atoms with Gasteiger partial charge in [-0.05, 0) is 42.9 Å². The summed E-state index contributed by atoms with van der Waals surface area (Å²) in [5.41, 5.74) is 2.11. The van der Waals surface area contributed by atoms with E-state index in [-0.39, 0.29) is 24.0 Å². The third kappa shape index (κ3) is 3.96. The fraction of sp³-hybridized carbons (Fsp3) is 0.471. The number of amides is 1. The Hall–Kier alpha value is -2.21. The fourth-order valence-electron chi connectivity index (χ4n) is 3.03. The maximum atomic E-state index is 12.3. The molecule has 1 aliphatic rings. The van der Waals surface area contributed by atoms with E-state index in [0.717, 1.165) is 24.0 Å². The summed E-state index contributed by atoms with van der Waals surface area (Å²) >= 11 is 0. The second-order valence-corrected chi connectivity index (χ2v) is 6.23. The highest BCUT2D eigenvalue weighted by Gasteiger charge is 2.36. The molecule has 0 aliphatic heterocycles. The summed E-state index contributed by atoms with van der Waals surface area (Å²) in [4.78, 5) is 16.3. The zero-order valence-corrected chi connectivity index (χ0v) is 13.2. The van der Waals surface area contributed by atoms with Crippen LogP contribution in [-0.4, -0.2) is 31.9 Å². The van der Waals surface area contributed by atoms with Crippen LogP contribution >= 0.6 is 0 Å². The lowest BCUT2D eigenvalue weighted by atomic mass is 9.75. The number of pyridine rings is 1. The fourth-order valence-corrected chi connectivity index (χ4v) is 3.03. The Bertz CT molecular complexity index is 650. The Balaban J connectivity index is 1.60. The van der Waals surface area contributed by atoms with Gasteiger partial charge >= 0.3 is 0 Å². The average Bonchev–Trinajstić information content (AvgIpc) is 2.95. The van der Waals surface area contributed by atoms with E-state index in [9.17, 15) is 9.90 Å². The van der Waals surface area contributed by atoms with Gasteiger partial charge in [0.2, 0.25) is 5.91 Å². The van der Waals surface area contributed by atoms with Crippen LogP contribution < -0.4 is 5.32 Å². The van der Waals surface area contributed by atoms with Gasteiger partial charge in [-0.15, -0.1) is 0 Å². The molecule has 2 aromatic heterocycles. The number of carbonyl (C=O) groups is 1. The van der Waals surface area contributed by atoms with E-state index in [1.165, 1.54) is 0 Å². The number of nitrogens with one attached hydrogen (secondary N) is 1. The van der Waals surface area contributed by atoms with Gasteiger partial charge in [-0.25, -0.2) is 0 Å². The number of aryl methyl sites for hydroxylation is 2. The predicted molar refractivity (Wildman–Crippen MR) is 85.4 cm³/mol. The van der Waals surface area contributed by atoms with E-state index in [1.807, 2.05) is 25.4 Å². The van der Waals surface area contributed by atoms with Crippen LogP contribution in [-0.2, 0) is 18.3 Å². The molecule has 2 heterocycles. The number of carbonyl (C=O) groups excluding carboxylic acids is 1. The van der Waals surface area contributed by atoms with Crippen molar-refractivity contribution in [2.45, 2.75) is 37.8 Å². The van der Waals surface area contributed by atoms with Crippen LogP contribution in [0, 0.1) is 5.92 Å². The van der Waals surface area contributed by atoms with Crippen LogP contribution in [0.1, 0.15) is 36.4 Å². The molecule has 1 saturated carbocycles. The Morgan fingerprint density at radius 1 is 1.43 bits per heavy atom. The van der Waals surface area contributed by atoms with Crippen molar-refractivity contribution in [2.24, 2.45) is 13.0 Å². The highest BCUT2D eigenvalue weighted by molar-refractivity contribution is 5.76. The van der Waals surface area contributed by atoms with Crippen molar-refractivity contribution in [2.75, 3.05) is 0 Å². The summed E-state index contributed by atoms with van der Waals surface area (Å²) in [5, 5.41) is 16.9. The van der Waals surface area contributed by atoms with Crippen LogP contribution in [0.2, 0.25) is 0 Å². The van der Waals surface area contributed by atoms with E-state index in [4.69, 9.17) is 0 Å². The average molecular weight is 314 g/mol. The smallest absolute Gasteiger partial charge is 0.220 e. The Labute approximate surface area is 135 Å². The van der Waals surface area contributed by atoms with E-state index < -0.39 is 0 Å². The third-order valence-corrected chi connectivity index (χ3v) is 4.41. The lowest BCUT2D eigenvalue weighted by Crippen LogP contribution is -2.41. The zero-order chi connectivity index (χ0) is 16.2. The first-order chi connectivity index (χ1) is 11.1. The molecular formula is C17H22N4O2. The molecule has 1 aliphatic carbocycles. The van der Waals surface area contributed by atoms with Gasteiger partial charge < -0.3 is 10.4 Å². The first-order valence-electron chi connectivity index (χ1n) is 7.96. The predicted octanol–water partition coefficient (Wildman–Crippen LogP) is 1.38. The Kier molecular flexibility index (Phi) is 4.71. The summed E-state index contributed by atoms with van der Waals surface area (Å²) in [7, 11) is 1.86. The number of aliphatic hydroxyl groups is 1. The highest BCUT2D eigenvalue weighted by atomic mass is 16.3. The normalized spacial score (nSPS) is 21.5. The molecule has 23 heavy (non-hydrogen) atoms. The molecule has 1 amide bonds. The molecule has 1 fully saturated rings. The first-order valence-corrected chi connectivity index (χ1v) is 7.96. The van der Waals surface area contributed by atoms with Crippen LogP contribution in [0.15, 0.2) is 36.9 Å². The van der Waals surface area contributed by atoms with Gasteiger partial charge in [-0.3, -0.25) is 14.5 Å². The van der Waals surface area contributed by atoms with Crippen LogP contribution in [0.5, 0.6) is 0 Å². The molecule has 3 rings (SSSR count). The number of aromatic nitrogens is 3. The Morgan fingerprint density at radius 2 is 2.17 bits per heavy atom. The van der Waals surface area contributed by atoms with Crippen molar-refractivity contribution in [1.29, 1.82) is 0 Å². The van der Waals surface area contributed by atoms with Crippen LogP contribution in [0.3, 0.4) is 0 Å². The number of rotatable bonds is 6. The molecule has 6 nitrogen and oxygen atoms in total. The second-order valence-electron chi connectivity index (χ2n) is 6.23. The molecule has 122 valence electrons. The van der Waals surface area contributed by atoms with Crippen molar-refractivity contribution in [3.8, 4) is 0 Å². The quantitative estimate of drug-likeness (QED) is 0.844. The molecule has 0 bridgehead atoms. The van der Waals surface area contributed by atoms with Gasteiger partial charge in [0.15, 0.2) is 0 Å². The minimum Gasteiger partial charge on any atom is -0.393 e. The number of nitrogens with zero attached hydrogens (tertiary/aromatic N) is 3. The van der Waals surface area contributed by atoms with E-state index in [2.05, 4.69) is 15.4 Å². The summed E-state index contributed by atoms with van der Waals surface area (Å²) in [6, 6.07) is 3.78. The van der Waals surface area contributed by atoms with Gasteiger partial charge in [0.1, 0.15) is 0 Å². The summed E-state index contributed by atoms with van der Waals surface area (Å²) in [6.45, 7) is 0. The monoisotopic (exact) mass is 314 g/mol. The molecule has 1 unspecified atom stereocenters. The first kappa shape index (κ1) is 15.7. The SMILES string of the molecule is Cn1cc(C(NC(=O)CCc2ccncc2)C2CC(O)C2)cn1. The van der Waals surface area contributed by atoms with E-state index in [0.29, 0.717) is 12.8 Å². The molecule has 2 N–H and O–H groups in total. The minimum atomic E-state index is -0.243. The lowest BCUT2D eigenvalue weighted by Gasteiger charge is -2.37. The van der Waals surface area contributed by atoms with Gasteiger partial charge in [-0.1, -0.05) is 0 Å². The molecule has 0 spiro atoms. The molecule has 1 atom stereocenters. The minimum absolute atomic E-state index is 0.0251. The van der Waals surface area contributed by atoms with Crippen molar-refractivity contribution in [1.82, 2.24) is 20.1 Å². The van der Waals surface area contributed by atoms with Crippen LogP contribution in [0.25, 0.3) is 0 Å². The van der Waals surface area contributed by atoms with Crippen LogP contribution in [0.4, 0.5) is 0 Å².